The van der Waals surface area contributed by atoms with Crippen LogP contribution in [0.2, 0.25) is 0 Å². The van der Waals surface area contributed by atoms with Gasteiger partial charge in [0.2, 0.25) is 5.91 Å². The number of piperidine rings is 1. The highest BCUT2D eigenvalue weighted by molar-refractivity contribution is 5.82. The molecule has 3 atom stereocenters. The summed E-state index contributed by atoms with van der Waals surface area (Å²) in [5, 5.41) is 0. The predicted octanol–water partition coefficient (Wildman–Crippen LogP) is 1.76. The van der Waals surface area contributed by atoms with E-state index in [-0.39, 0.29) is 11.9 Å². The second-order valence-corrected chi connectivity index (χ2v) is 5.67. The van der Waals surface area contributed by atoms with Crippen LogP contribution in [-0.4, -0.2) is 29.9 Å². The van der Waals surface area contributed by atoms with Crippen LogP contribution in [0.4, 0.5) is 0 Å². The van der Waals surface area contributed by atoms with Gasteiger partial charge in [0.1, 0.15) is 0 Å². The van der Waals surface area contributed by atoms with Gasteiger partial charge in [0.15, 0.2) is 0 Å². The third kappa shape index (κ3) is 2.76. The first-order valence-electron chi connectivity index (χ1n) is 6.71. The Morgan fingerprint density at radius 3 is 2.88 bits per heavy atom. The van der Waals surface area contributed by atoms with Crippen LogP contribution in [0.1, 0.15) is 45.4 Å². The van der Waals surface area contributed by atoms with Crippen molar-refractivity contribution in [2.24, 2.45) is 17.6 Å². The van der Waals surface area contributed by atoms with Gasteiger partial charge in [0.05, 0.1) is 6.04 Å². The summed E-state index contributed by atoms with van der Waals surface area (Å²) in [4.78, 5) is 13.9. The molecule has 0 aromatic rings. The molecule has 2 aliphatic rings. The Morgan fingerprint density at radius 1 is 1.31 bits per heavy atom. The summed E-state index contributed by atoms with van der Waals surface area (Å²) < 4.78 is 0. The molecule has 92 valence electrons. The van der Waals surface area contributed by atoms with Crippen molar-refractivity contribution in [3.05, 3.63) is 0 Å². The summed E-state index contributed by atoms with van der Waals surface area (Å²) in [5.41, 5.74) is 5.81. The van der Waals surface area contributed by atoms with E-state index in [1.54, 1.807) is 0 Å². The molecule has 0 spiro atoms. The van der Waals surface area contributed by atoms with E-state index < -0.39 is 0 Å². The Labute approximate surface area is 98.4 Å². The van der Waals surface area contributed by atoms with Crippen molar-refractivity contribution in [2.75, 3.05) is 13.1 Å². The summed E-state index contributed by atoms with van der Waals surface area (Å²) in [6.45, 7) is 4.21. The van der Waals surface area contributed by atoms with Gasteiger partial charge < -0.3 is 10.6 Å². The summed E-state index contributed by atoms with van der Waals surface area (Å²) in [5.74, 6) is 1.75. The second kappa shape index (κ2) is 5.17. The molecule has 0 aromatic carbocycles. The summed E-state index contributed by atoms with van der Waals surface area (Å²) >= 11 is 0. The van der Waals surface area contributed by atoms with Gasteiger partial charge in [-0.2, -0.15) is 0 Å². The van der Waals surface area contributed by atoms with E-state index in [1.807, 2.05) is 4.90 Å². The van der Waals surface area contributed by atoms with Gasteiger partial charge in [-0.25, -0.2) is 0 Å². The Hall–Kier alpha value is -0.570. The van der Waals surface area contributed by atoms with Crippen LogP contribution in [0.3, 0.4) is 0 Å². The number of carbonyl (C=O) groups excluding carboxylic acids is 1. The summed E-state index contributed by atoms with van der Waals surface area (Å²) in [7, 11) is 0. The molecule has 2 fully saturated rings. The largest absolute Gasteiger partial charge is 0.341 e. The van der Waals surface area contributed by atoms with Crippen LogP contribution in [0.5, 0.6) is 0 Å². The molecule has 2 rings (SSSR count). The first-order chi connectivity index (χ1) is 7.66. The molecule has 1 aliphatic carbocycles. The van der Waals surface area contributed by atoms with Gasteiger partial charge in [-0.3, -0.25) is 4.79 Å². The predicted molar refractivity (Wildman–Crippen MR) is 64.9 cm³/mol. The topological polar surface area (TPSA) is 46.3 Å². The molecule has 3 heteroatoms. The number of carbonyl (C=O) groups is 1. The van der Waals surface area contributed by atoms with Crippen molar-refractivity contribution < 1.29 is 4.79 Å². The van der Waals surface area contributed by atoms with Crippen molar-refractivity contribution in [1.82, 2.24) is 4.90 Å². The molecule has 3 unspecified atom stereocenters. The van der Waals surface area contributed by atoms with Gasteiger partial charge in [-0.15, -0.1) is 0 Å². The van der Waals surface area contributed by atoms with E-state index in [0.717, 1.165) is 37.8 Å². The second-order valence-electron chi connectivity index (χ2n) is 5.67. The Balaban J connectivity index is 1.86. The molecular formula is C13H24N2O. The molecule has 16 heavy (non-hydrogen) atoms. The van der Waals surface area contributed by atoms with Crippen LogP contribution in [0.25, 0.3) is 0 Å². The van der Waals surface area contributed by atoms with E-state index in [4.69, 9.17) is 5.73 Å². The number of hydrogen-bond acceptors (Lipinski definition) is 2. The molecule has 0 bridgehead atoms. The minimum Gasteiger partial charge on any atom is -0.341 e. The Morgan fingerprint density at radius 2 is 2.12 bits per heavy atom. The van der Waals surface area contributed by atoms with E-state index in [0.29, 0.717) is 0 Å². The lowest BCUT2D eigenvalue weighted by molar-refractivity contribution is -0.135. The lowest BCUT2D eigenvalue weighted by Crippen LogP contribution is -2.50. The molecule has 1 saturated carbocycles. The average Bonchev–Trinajstić information content (AvgIpc) is 2.25. The first kappa shape index (κ1) is 11.9. The third-order valence-electron chi connectivity index (χ3n) is 4.10. The van der Waals surface area contributed by atoms with E-state index >= 15 is 0 Å². The van der Waals surface area contributed by atoms with Crippen LogP contribution < -0.4 is 5.73 Å². The summed E-state index contributed by atoms with van der Waals surface area (Å²) in [6.07, 6.45) is 7.23. The Kier molecular flexibility index (Phi) is 3.85. The van der Waals surface area contributed by atoms with Crippen LogP contribution in [0.15, 0.2) is 0 Å². The number of nitrogens with two attached hydrogens (primary N) is 1. The fourth-order valence-corrected chi connectivity index (χ4v) is 3.19. The standard InChI is InChI=1S/C13H24N2O/c1-10-4-2-5-11(8-10)9-15-7-3-6-12(14)13(15)16/h10-12H,2-9,14H2,1H3. The number of amides is 1. The van der Waals surface area contributed by atoms with Crippen LogP contribution in [-0.2, 0) is 4.79 Å². The van der Waals surface area contributed by atoms with Crippen LogP contribution in [0, 0.1) is 11.8 Å². The monoisotopic (exact) mass is 224 g/mol. The van der Waals surface area contributed by atoms with Gasteiger partial charge in [-0.1, -0.05) is 19.8 Å². The molecule has 0 aromatic heterocycles. The van der Waals surface area contributed by atoms with Crippen molar-refractivity contribution in [3.63, 3.8) is 0 Å². The highest BCUT2D eigenvalue weighted by atomic mass is 16.2. The Bertz CT molecular complexity index is 254. The molecule has 2 N–H and O–H groups in total. The zero-order chi connectivity index (χ0) is 11.5. The fourth-order valence-electron chi connectivity index (χ4n) is 3.19. The maximum atomic E-state index is 11.9. The SMILES string of the molecule is CC1CCCC(CN2CCCC(N)C2=O)C1. The van der Waals surface area contributed by atoms with Crippen molar-refractivity contribution in [3.8, 4) is 0 Å². The lowest BCUT2D eigenvalue weighted by atomic mass is 9.82. The highest BCUT2D eigenvalue weighted by Crippen LogP contribution is 2.29. The van der Waals surface area contributed by atoms with E-state index in [2.05, 4.69) is 6.92 Å². The molecule has 1 aliphatic heterocycles. The van der Waals surface area contributed by atoms with Gasteiger partial charge in [-0.05, 0) is 37.5 Å². The lowest BCUT2D eigenvalue weighted by Gasteiger charge is -2.35. The maximum Gasteiger partial charge on any atom is 0.239 e. The zero-order valence-corrected chi connectivity index (χ0v) is 10.3. The molecule has 1 heterocycles. The maximum absolute atomic E-state index is 11.9. The van der Waals surface area contributed by atoms with E-state index in [1.165, 1.54) is 25.7 Å². The number of rotatable bonds is 2. The molecule has 3 nitrogen and oxygen atoms in total. The van der Waals surface area contributed by atoms with E-state index in [9.17, 15) is 4.79 Å². The molecule has 0 radical (unpaired) electrons. The van der Waals surface area contributed by atoms with Gasteiger partial charge in [0, 0.05) is 13.1 Å². The van der Waals surface area contributed by atoms with Crippen LogP contribution >= 0.6 is 0 Å². The zero-order valence-electron chi connectivity index (χ0n) is 10.3. The van der Waals surface area contributed by atoms with Gasteiger partial charge >= 0.3 is 0 Å². The third-order valence-corrected chi connectivity index (χ3v) is 4.10. The minimum atomic E-state index is -0.227. The highest BCUT2D eigenvalue weighted by Gasteiger charge is 2.28. The molecular weight excluding hydrogens is 200 g/mol. The first-order valence-corrected chi connectivity index (χ1v) is 6.71. The molecule has 1 saturated heterocycles. The van der Waals surface area contributed by atoms with Crippen molar-refractivity contribution >= 4 is 5.91 Å². The number of nitrogens with zero attached hydrogens (tertiary/aromatic N) is 1. The van der Waals surface area contributed by atoms with Crippen molar-refractivity contribution in [1.29, 1.82) is 0 Å². The number of likely N-dealkylation sites (tertiary alicyclic amines) is 1. The van der Waals surface area contributed by atoms with Gasteiger partial charge in [0.25, 0.3) is 0 Å². The molecule has 1 amide bonds. The smallest absolute Gasteiger partial charge is 0.239 e. The normalized spacial score (nSPS) is 36.5. The quantitative estimate of drug-likeness (QED) is 0.777. The minimum absolute atomic E-state index is 0.185. The average molecular weight is 224 g/mol. The number of hydrogen-bond donors (Lipinski definition) is 1. The van der Waals surface area contributed by atoms with Crippen molar-refractivity contribution in [2.45, 2.75) is 51.5 Å². The fraction of sp³-hybridized carbons (Fsp3) is 0.923. The summed E-state index contributed by atoms with van der Waals surface area (Å²) in [6, 6.07) is -0.227.